The molecule has 0 radical (unpaired) electrons. The summed E-state index contributed by atoms with van der Waals surface area (Å²) in [5.41, 5.74) is 2.66. The highest BCUT2D eigenvalue weighted by Crippen LogP contribution is 2.51. The number of carboxylic acids is 1. The summed E-state index contributed by atoms with van der Waals surface area (Å²) in [6.45, 7) is 16.6. The van der Waals surface area contributed by atoms with Crippen LogP contribution in [-0.4, -0.2) is 153 Å². The summed E-state index contributed by atoms with van der Waals surface area (Å²) in [5, 5.41) is 20.7. The van der Waals surface area contributed by atoms with Crippen molar-refractivity contribution in [2.45, 2.75) is 83.0 Å². The molecule has 1 aliphatic heterocycles. The zero-order valence-corrected chi connectivity index (χ0v) is 44.0. The monoisotopic (exact) mass is 1060 g/mol. The summed E-state index contributed by atoms with van der Waals surface area (Å²) >= 11 is 0. The lowest BCUT2D eigenvalue weighted by atomic mass is 9.77. The number of anilines is 2. The third-order valence-electron chi connectivity index (χ3n) is 11.6. The van der Waals surface area contributed by atoms with Gasteiger partial charge in [-0.25, -0.2) is 0 Å². The Labute approximate surface area is 420 Å². The van der Waals surface area contributed by atoms with Crippen molar-refractivity contribution in [3.8, 4) is 5.75 Å². The molecule has 1 heterocycles. The second-order valence-corrected chi connectivity index (χ2v) is 22.9. The highest BCUT2D eigenvalue weighted by Gasteiger charge is 2.43. The van der Waals surface area contributed by atoms with Crippen LogP contribution in [0.15, 0.2) is 83.4 Å². The summed E-state index contributed by atoms with van der Waals surface area (Å²) in [7, 11) is -11.6. The van der Waals surface area contributed by atoms with Crippen molar-refractivity contribution in [2.75, 3.05) is 108 Å². The number of hydrogen-bond donors (Lipinski definition) is 5. The van der Waals surface area contributed by atoms with Gasteiger partial charge in [-0.1, -0.05) is 52.0 Å². The van der Waals surface area contributed by atoms with Gasteiger partial charge in [-0.05, 0) is 97.6 Å². The number of carboxylic acid groups (broad SMARTS) is 1. The van der Waals surface area contributed by atoms with Gasteiger partial charge >= 0.3 is 5.97 Å². The van der Waals surface area contributed by atoms with Crippen LogP contribution in [0.5, 0.6) is 5.75 Å². The minimum absolute atomic E-state index is 0.00203. The van der Waals surface area contributed by atoms with Gasteiger partial charge in [0.1, 0.15) is 5.75 Å². The summed E-state index contributed by atoms with van der Waals surface area (Å²) in [6, 6.07) is 9.38. The van der Waals surface area contributed by atoms with E-state index >= 15 is 0 Å². The lowest BCUT2D eigenvalue weighted by Crippen LogP contribution is -2.30. The molecule has 0 fully saturated rings. The molecule has 5 N–H and O–H groups in total. The third kappa shape index (κ3) is 21.8. The summed E-state index contributed by atoms with van der Waals surface area (Å²) < 4.78 is 127. The number of phenolic OH excluding ortho intramolecular Hbond substituents is 1. The Morgan fingerprint density at radius 2 is 1.37 bits per heavy atom. The summed E-state index contributed by atoms with van der Waals surface area (Å²) in [4.78, 5) is 14.7. The highest BCUT2D eigenvalue weighted by atomic mass is 32.2. The van der Waals surface area contributed by atoms with E-state index in [0.29, 0.717) is 119 Å². The number of allylic oxidation sites excluding steroid dienone is 7. The van der Waals surface area contributed by atoms with Crippen molar-refractivity contribution in [3.05, 3.63) is 89.7 Å². The van der Waals surface area contributed by atoms with Crippen molar-refractivity contribution >= 4 is 53.3 Å². The average Bonchev–Trinajstić information content (AvgIpc) is 3.48. The molecule has 2 aromatic carbocycles. The van der Waals surface area contributed by atoms with Gasteiger partial charge in [-0.15, -0.1) is 0 Å². The quantitative estimate of drug-likeness (QED) is 0.0265. The van der Waals surface area contributed by atoms with Gasteiger partial charge in [0.05, 0.1) is 75.9 Å². The van der Waals surface area contributed by atoms with Crippen LogP contribution in [0.3, 0.4) is 0 Å². The number of aromatic hydroxyl groups is 1. The first-order chi connectivity index (χ1) is 33.3. The number of ether oxygens (including phenoxy) is 5. The van der Waals surface area contributed by atoms with Gasteiger partial charge in [-0.3, -0.25) is 18.5 Å². The topological polar surface area (TPSA) is 273 Å². The number of carbonyl (C=O) groups is 1. The largest absolute Gasteiger partial charge is 0.507 e. The zero-order valence-electron chi connectivity index (χ0n) is 41.6. The maximum Gasteiger partial charge on any atom is 0.303 e. The molecule has 71 heavy (non-hydrogen) atoms. The maximum atomic E-state index is 12.3. The first-order valence-corrected chi connectivity index (χ1v) is 28.1. The number of aliphatic carboxylic acids is 1. The maximum absolute atomic E-state index is 12.3. The van der Waals surface area contributed by atoms with E-state index in [1.807, 2.05) is 49.6 Å². The van der Waals surface area contributed by atoms with Crippen LogP contribution >= 0.6 is 0 Å². The Morgan fingerprint density at radius 1 is 0.775 bits per heavy atom. The Kier molecular flexibility index (Phi) is 24.9. The molecule has 1 aliphatic rings. The van der Waals surface area contributed by atoms with E-state index in [1.165, 1.54) is 12.1 Å². The molecule has 22 heteroatoms. The number of methoxy groups -OCH3 is 1. The highest BCUT2D eigenvalue weighted by molar-refractivity contribution is 7.86. The normalized spacial score (nSPS) is 16.3. The minimum Gasteiger partial charge on any atom is -0.507 e. The Balaban J connectivity index is 1.88. The molecular weight excluding hydrogens is 985 g/mol. The molecule has 19 nitrogen and oxygen atoms in total. The van der Waals surface area contributed by atoms with E-state index in [0.717, 1.165) is 5.57 Å². The van der Waals surface area contributed by atoms with Crippen molar-refractivity contribution in [3.63, 3.8) is 0 Å². The molecule has 400 valence electrons. The molecule has 0 aromatic heterocycles. The number of nitrogens with zero attached hydrogens (tertiary/aromatic N) is 2. The van der Waals surface area contributed by atoms with Gasteiger partial charge in [0, 0.05) is 67.3 Å². The van der Waals surface area contributed by atoms with Crippen LogP contribution in [0.25, 0.3) is 5.57 Å². The second kappa shape index (κ2) is 28.9. The first kappa shape index (κ1) is 61.1. The molecule has 0 bridgehead atoms. The number of unbranched alkanes of at least 4 members (excludes halogenated alkanes) is 2. The lowest BCUT2D eigenvalue weighted by Gasteiger charge is -2.30. The van der Waals surface area contributed by atoms with E-state index in [9.17, 15) is 48.8 Å². The second-order valence-electron chi connectivity index (χ2n) is 18.3. The fraction of sp³-hybridized carbons (Fsp3) is 0.571. The first-order valence-electron chi connectivity index (χ1n) is 23.5. The molecule has 0 aliphatic carbocycles. The molecular formula is C49H74N2O17S3. The predicted molar refractivity (Wildman–Crippen MR) is 273 cm³/mol. The predicted octanol–water partition coefficient (Wildman–Crippen LogP) is 6.95. The van der Waals surface area contributed by atoms with Crippen molar-refractivity contribution in [1.29, 1.82) is 0 Å². The number of phenols is 1. The molecule has 0 saturated carbocycles. The number of hydrogen-bond acceptors (Lipinski definition) is 15. The fourth-order valence-electron chi connectivity index (χ4n) is 8.05. The summed E-state index contributed by atoms with van der Waals surface area (Å²) in [6.07, 6.45) is 9.03. The van der Waals surface area contributed by atoms with E-state index in [4.69, 9.17) is 28.8 Å². The van der Waals surface area contributed by atoms with Crippen LogP contribution in [0, 0.1) is 5.41 Å². The van der Waals surface area contributed by atoms with Crippen LogP contribution < -0.4 is 9.80 Å². The Hall–Kier alpha value is -4.20. The van der Waals surface area contributed by atoms with E-state index in [1.54, 1.807) is 43.5 Å². The lowest BCUT2D eigenvalue weighted by molar-refractivity contribution is -0.137. The van der Waals surface area contributed by atoms with Gasteiger partial charge in [0.25, 0.3) is 30.4 Å². The summed E-state index contributed by atoms with van der Waals surface area (Å²) in [5.74, 6) is -1.95. The molecule has 1 unspecified atom stereocenters. The molecule has 0 spiro atoms. The number of benzene rings is 2. The molecule has 1 atom stereocenters. The Bertz CT molecular complexity index is 2480. The standard InChI is InChI=1S/C49H74N2O17S3/c1-38(13-10-14-46-49(5,20-11-33-69(55,56)57)43-37-40(71(61,62)63)17-19-44(43)51(46)22-9-7-8-15-47(53)54)35-42(48(2,3)4)41-18-16-39(36-45(41)52)50(21-12-34-70(58,59)60)23-24-65-27-28-67-31-32-68-30-29-66-26-25-64-6/h10,13-14,16-19,35-37,52H,1,7-9,11-12,15,20-34H2,2-6H3,(H,53,54)(H,55,56,57)(H,58,59,60)(H,61,62,63)/b13-10+,42-35+,46-14+. The van der Waals surface area contributed by atoms with Crippen LogP contribution in [-0.2, 0) is 64.2 Å². The van der Waals surface area contributed by atoms with Crippen LogP contribution in [0.1, 0.15) is 83.8 Å². The van der Waals surface area contributed by atoms with Gasteiger partial charge < -0.3 is 43.7 Å². The van der Waals surface area contributed by atoms with E-state index < -0.39 is 58.7 Å². The molecule has 3 rings (SSSR count). The van der Waals surface area contributed by atoms with Crippen LogP contribution in [0.2, 0.25) is 0 Å². The number of fused-ring (bicyclic) bond motifs is 1. The molecule has 2 aromatic rings. The van der Waals surface area contributed by atoms with E-state index in [-0.39, 0.29) is 49.5 Å². The van der Waals surface area contributed by atoms with Gasteiger partial charge in [0.2, 0.25) is 0 Å². The molecule has 0 saturated heterocycles. The molecule has 0 amide bonds. The number of rotatable bonds is 35. The van der Waals surface area contributed by atoms with Crippen molar-refractivity contribution < 1.29 is 77.6 Å². The Morgan fingerprint density at radius 3 is 1.92 bits per heavy atom. The fourth-order valence-corrected chi connectivity index (χ4v) is 9.56. The van der Waals surface area contributed by atoms with Crippen LogP contribution in [0.4, 0.5) is 11.4 Å². The van der Waals surface area contributed by atoms with Crippen molar-refractivity contribution in [1.82, 2.24) is 0 Å². The van der Waals surface area contributed by atoms with Gasteiger partial charge in [-0.2, -0.15) is 25.3 Å². The van der Waals surface area contributed by atoms with Gasteiger partial charge in [0.15, 0.2) is 0 Å². The third-order valence-corrected chi connectivity index (χ3v) is 14.0. The minimum atomic E-state index is -4.62. The zero-order chi connectivity index (χ0) is 52.9. The van der Waals surface area contributed by atoms with Crippen molar-refractivity contribution in [2.24, 2.45) is 5.41 Å². The average molecular weight is 1060 g/mol. The van der Waals surface area contributed by atoms with E-state index in [2.05, 4.69) is 6.58 Å². The SMILES string of the molecule is C=C(/C=C(\c1ccc(N(CCCS(=O)(=O)O)CCOCCOCCOCCOCCOC)cc1O)C(C)(C)C)/C=C/C=C1/N(CCCCCC(=O)O)c2ccc(S(=O)(=O)O)cc2C1(C)CCCS(=O)(=O)O. The smallest absolute Gasteiger partial charge is 0.303 e.